The number of aromatic nitrogens is 2. The average Bonchev–Trinajstić information content (AvgIpc) is 2.75. The van der Waals surface area contributed by atoms with Crippen LogP contribution in [0, 0.1) is 13.8 Å². The number of hydrogen-bond acceptors (Lipinski definition) is 4. The standard InChI is InChI=1S/C24H27N3OS/c1-16-11-10-14-19(17(16)2)20-15-25-23(29-6)26-21(20)27(5)22(28)24(3,4)18-12-8-7-9-13-18/h7-15H,1-6H3. The average molecular weight is 406 g/mol. The zero-order valence-corrected chi connectivity index (χ0v) is 18.7. The van der Waals surface area contributed by atoms with Crippen LogP contribution in [0.1, 0.15) is 30.5 Å². The highest BCUT2D eigenvalue weighted by Crippen LogP contribution is 2.35. The predicted octanol–water partition coefficient (Wildman–Crippen LogP) is 5.42. The maximum absolute atomic E-state index is 13.6. The van der Waals surface area contributed by atoms with Crippen LogP contribution in [0.3, 0.4) is 0 Å². The third-order valence-electron chi connectivity index (χ3n) is 5.48. The van der Waals surface area contributed by atoms with Crippen molar-refractivity contribution in [1.29, 1.82) is 0 Å². The number of aryl methyl sites for hydroxylation is 1. The molecule has 5 heteroatoms. The molecule has 29 heavy (non-hydrogen) atoms. The number of rotatable bonds is 5. The zero-order valence-electron chi connectivity index (χ0n) is 17.9. The Morgan fingerprint density at radius 2 is 1.69 bits per heavy atom. The van der Waals surface area contributed by atoms with E-state index in [1.807, 2.05) is 62.7 Å². The molecule has 1 amide bonds. The minimum atomic E-state index is -0.681. The fourth-order valence-electron chi connectivity index (χ4n) is 3.44. The van der Waals surface area contributed by atoms with Gasteiger partial charge in [0.2, 0.25) is 5.91 Å². The van der Waals surface area contributed by atoms with Gasteiger partial charge in [-0.3, -0.25) is 9.69 Å². The molecular weight excluding hydrogens is 378 g/mol. The second-order valence-corrected chi connectivity index (χ2v) is 8.47. The third-order valence-corrected chi connectivity index (χ3v) is 6.04. The van der Waals surface area contributed by atoms with Gasteiger partial charge in [0.05, 0.1) is 5.41 Å². The Morgan fingerprint density at radius 1 is 1.00 bits per heavy atom. The molecule has 0 saturated carbocycles. The van der Waals surface area contributed by atoms with Gasteiger partial charge in [0.15, 0.2) is 5.16 Å². The molecule has 4 nitrogen and oxygen atoms in total. The molecule has 0 fully saturated rings. The molecule has 0 saturated heterocycles. The Kier molecular flexibility index (Phi) is 6.08. The first kappa shape index (κ1) is 21.1. The van der Waals surface area contributed by atoms with Crippen molar-refractivity contribution < 1.29 is 4.79 Å². The van der Waals surface area contributed by atoms with Crippen molar-refractivity contribution in [3.05, 3.63) is 71.4 Å². The summed E-state index contributed by atoms with van der Waals surface area (Å²) in [6, 6.07) is 16.0. The van der Waals surface area contributed by atoms with Gasteiger partial charge in [0.1, 0.15) is 5.82 Å². The maximum atomic E-state index is 13.6. The summed E-state index contributed by atoms with van der Waals surface area (Å²) < 4.78 is 0. The molecule has 0 spiro atoms. The number of hydrogen-bond donors (Lipinski definition) is 0. The normalized spacial score (nSPS) is 11.4. The van der Waals surface area contributed by atoms with E-state index < -0.39 is 5.41 Å². The summed E-state index contributed by atoms with van der Waals surface area (Å²) in [6.07, 6.45) is 3.77. The van der Waals surface area contributed by atoms with Crippen LogP contribution in [0.15, 0.2) is 59.9 Å². The lowest BCUT2D eigenvalue weighted by Crippen LogP contribution is -2.42. The third kappa shape index (κ3) is 4.06. The number of carbonyl (C=O) groups is 1. The van der Waals surface area contributed by atoms with Gasteiger partial charge in [-0.05, 0) is 56.2 Å². The Bertz CT molecular complexity index is 1030. The predicted molar refractivity (Wildman–Crippen MR) is 122 cm³/mol. The van der Waals surface area contributed by atoms with Crippen LogP contribution in [0.25, 0.3) is 11.1 Å². The number of carbonyl (C=O) groups excluding carboxylic acids is 1. The fraction of sp³-hybridized carbons (Fsp3) is 0.292. The Morgan fingerprint density at radius 3 is 2.34 bits per heavy atom. The Balaban J connectivity index is 2.11. The highest BCUT2D eigenvalue weighted by Gasteiger charge is 2.34. The first-order valence-corrected chi connectivity index (χ1v) is 10.8. The van der Waals surface area contributed by atoms with E-state index in [4.69, 9.17) is 4.98 Å². The van der Waals surface area contributed by atoms with E-state index >= 15 is 0 Å². The number of thioether (sulfide) groups is 1. The molecule has 2 aromatic carbocycles. The SMILES string of the molecule is CSc1ncc(-c2cccc(C)c2C)c(N(C)C(=O)C(C)(C)c2ccccc2)n1. The Labute approximate surface area is 177 Å². The van der Waals surface area contributed by atoms with Gasteiger partial charge in [-0.1, -0.05) is 60.3 Å². The summed E-state index contributed by atoms with van der Waals surface area (Å²) in [6.45, 7) is 8.08. The molecule has 0 unspecified atom stereocenters. The highest BCUT2D eigenvalue weighted by atomic mass is 32.2. The molecule has 1 heterocycles. The lowest BCUT2D eigenvalue weighted by Gasteiger charge is -2.30. The van der Waals surface area contributed by atoms with Crippen LogP contribution < -0.4 is 4.90 Å². The molecule has 3 aromatic rings. The van der Waals surface area contributed by atoms with Gasteiger partial charge >= 0.3 is 0 Å². The van der Waals surface area contributed by atoms with Crippen molar-refractivity contribution in [3.63, 3.8) is 0 Å². The summed E-state index contributed by atoms with van der Waals surface area (Å²) in [5.74, 6) is 0.619. The summed E-state index contributed by atoms with van der Waals surface area (Å²) in [7, 11) is 1.80. The topological polar surface area (TPSA) is 46.1 Å². The van der Waals surface area contributed by atoms with Crippen molar-refractivity contribution >= 4 is 23.5 Å². The summed E-state index contributed by atoms with van der Waals surface area (Å²) in [5.41, 5.74) is 4.57. The van der Waals surface area contributed by atoms with Gasteiger partial charge in [0, 0.05) is 18.8 Å². The van der Waals surface area contributed by atoms with Gasteiger partial charge in [-0.25, -0.2) is 9.97 Å². The highest BCUT2D eigenvalue weighted by molar-refractivity contribution is 7.98. The maximum Gasteiger partial charge on any atom is 0.237 e. The van der Waals surface area contributed by atoms with Gasteiger partial charge in [-0.2, -0.15) is 0 Å². The molecule has 150 valence electrons. The van der Waals surface area contributed by atoms with Crippen molar-refractivity contribution in [1.82, 2.24) is 9.97 Å². The van der Waals surface area contributed by atoms with Crippen LogP contribution in [0.2, 0.25) is 0 Å². The zero-order chi connectivity index (χ0) is 21.2. The Hall–Kier alpha value is -2.66. The largest absolute Gasteiger partial charge is 0.299 e. The monoisotopic (exact) mass is 405 g/mol. The fourth-order valence-corrected chi connectivity index (χ4v) is 3.77. The van der Waals surface area contributed by atoms with Crippen LogP contribution in [0.5, 0.6) is 0 Å². The van der Waals surface area contributed by atoms with E-state index in [9.17, 15) is 4.79 Å². The van der Waals surface area contributed by atoms with E-state index in [2.05, 4.69) is 31.0 Å². The summed E-state index contributed by atoms with van der Waals surface area (Å²) in [5, 5.41) is 0.645. The molecule has 0 atom stereocenters. The second kappa shape index (κ2) is 8.37. The second-order valence-electron chi connectivity index (χ2n) is 7.70. The van der Waals surface area contributed by atoms with Crippen LogP contribution >= 0.6 is 11.8 Å². The van der Waals surface area contributed by atoms with Gasteiger partial charge in [0.25, 0.3) is 0 Å². The molecule has 0 aliphatic carbocycles. The smallest absolute Gasteiger partial charge is 0.237 e. The molecule has 1 aromatic heterocycles. The van der Waals surface area contributed by atoms with Gasteiger partial charge < -0.3 is 0 Å². The van der Waals surface area contributed by atoms with Crippen molar-refractivity contribution in [3.8, 4) is 11.1 Å². The number of likely N-dealkylation sites (N-methyl/N-ethyl adjacent to an activating group) is 1. The van der Waals surface area contributed by atoms with E-state index in [-0.39, 0.29) is 5.91 Å². The quantitative estimate of drug-likeness (QED) is 0.420. The minimum Gasteiger partial charge on any atom is -0.299 e. The van der Waals surface area contributed by atoms with E-state index in [0.717, 1.165) is 22.3 Å². The number of nitrogens with zero attached hydrogens (tertiary/aromatic N) is 3. The molecule has 0 N–H and O–H groups in total. The minimum absolute atomic E-state index is 0.0130. The number of anilines is 1. The molecule has 0 aliphatic rings. The van der Waals surface area contributed by atoms with Crippen LogP contribution in [-0.4, -0.2) is 29.2 Å². The lowest BCUT2D eigenvalue weighted by molar-refractivity contribution is -0.122. The van der Waals surface area contributed by atoms with E-state index in [1.54, 1.807) is 11.9 Å². The molecular formula is C24H27N3OS. The van der Waals surface area contributed by atoms with E-state index in [1.165, 1.54) is 17.3 Å². The number of amides is 1. The molecule has 0 aliphatic heterocycles. The first-order valence-electron chi connectivity index (χ1n) is 9.58. The van der Waals surface area contributed by atoms with Crippen LogP contribution in [-0.2, 0) is 10.2 Å². The lowest BCUT2D eigenvalue weighted by atomic mass is 9.83. The summed E-state index contributed by atoms with van der Waals surface area (Å²) >= 11 is 1.47. The molecule has 0 radical (unpaired) electrons. The number of benzene rings is 2. The molecule has 3 rings (SSSR count). The summed E-state index contributed by atoms with van der Waals surface area (Å²) in [4.78, 5) is 24.4. The first-order chi connectivity index (χ1) is 13.8. The van der Waals surface area contributed by atoms with Gasteiger partial charge in [-0.15, -0.1) is 0 Å². The van der Waals surface area contributed by atoms with E-state index in [0.29, 0.717) is 11.0 Å². The van der Waals surface area contributed by atoms with Crippen LogP contribution in [0.4, 0.5) is 5.82 Å². The molecule has 0 bridgehead atoms. The van der Waals surface area contributed by atoms with Crippen molar-refractivity contribution in [2.45, 2.75) is 38.3 Å². The van der Waals surface area contributed by atoms with Crippen molar-refractivity contribution in [2.24, 2.45) is 0 Å². The van der Waals surface area contributed by atoms with Crippen molar-refractivity contribution in [2.75, 3.05) is 18.2 Å².